The second kappa shape index (κ2) is 3.79. The van der Waals surface area contributed by atoms with Crippen LogP contribution >= 0.6 is 0 Å². The number of hydrogen-bond donors (Lipinski definition) is 1. The normalized spacial score (nSPS) is 29.2. The van der Waals surface area contributed by atoms with E-state index in [2.05, 4.69) is 0 Å². The summed E-state index contributed by atoms with van der Waals surface area (Å²) >= 11 is 0. The number of rotatable bonds is 2. The van der Waals surface area contributed by atoms with E-state index in [-0.39, 0.29) is 5.41 Å². The lowest BCUT2D eigenvalue weighted by molar-refractivity contribution is -0.127. The molecule has 13 heavy (non-hydrogen) atoms. The molecule has 1 aliphatic carbocycles. The Morgan fingerprint density at radius 2 is 2.00 bits per heavy atom. The van der Waals surface area contributed by atoms with Gasteiger partial charge in [-0.2, -0.15) is 0 Å². The van der Waals surface area contributed by atoms with Gasteiger partial charge in [0.15, 0.2) is 0 Å². The molecule has 2 nitrogen and oxygen atoms in total. The van der Waals surface area contributed by atoms with Crippen molar-refractivity contribution in [1.29, 1.82) is 0 Å². The number of carbonyl (C=O) groups excluding carboxylic acids is 1. The zero-order valence-electron chi connectivity index (χ0n) is 8.97. The molecule has 1 rings (SSSR count). The highest BCUT2D eigenvalue weighted by molar-refractivity contribution is 5.83. The first-order valence-electron chi connectivity index (χ1n) is 5.18. The fourth-order valence-electron chi connectivity index (χ4n) is 1.87. The van der Waals surface area contributed by atoms with Gasteiger partial charge in [-0.25, -0.2) is 0 Å². The highest BCUT2D eigenvalue weighted by atomic mass is 16.1. The van der Waals surface area contributed by atoms with Gasteiger partial charge < -0.3 is 5.73 Å². The molecule has 0 aromatic rings. The fourth-order valence-corrected chi connectivity index (χ4v) is 1.87. The van der Waals surface area contributed by atoms with E-state index < -0.39 is 0 Å². The number of hydrogen-bond acceptors (Lipinski definition) is 2. The molecule has 2 unspecified atom stereocenters. The van der Waals surface area contributed by atoms with Crippen molar-refractivity contribution in [3.63, 3.8) is 0 Å². The Balaban J connectivity index is 2.37. The van der Waals surface area contributed by atoms with Crippen LogP contribution in [0, 0.1) is 11.3 Å². The van der Waals surface area contributed by atoms with Crippen LogP contribution in [-0.4, -0.2) is 11.8 Å². The van der Waals surface area contributed by atoms with Crippen molar-refractivity contribution in [3.05, 3.63) is 0 Å². The molecule has 0 aromatic carbocycles. The van der Waals surface area contributed by atoms with Gasteiger partial charge in [-0.1, -0.05) is 20.8 Å². The predicted molar refractivity (Wildman–Crippen MR) is 54.4 cm³/mol. The van der Waals surface area contributed by atoms with Crippen LogP contribution < -0.4 is 5.73 Å². The Bertz CT molecular complexity index is 193. The molecule has 1 saturated carbocycles. The van der Waals surface area contributed by atoms with Gasteiger partial charge in [0.05, 0.1) is 0 Å². The SMILES string of the molecule is CC(C)(C)C(=O)CC1CCC(N)C1. The Morgan fingerprint density at radius 3 is 2.38 bits per heavy atom. The van der Waals surface area contributed by atoms with Crippen LogP contribution in [0.3, 0.4) is 0 Å². The summed E-state index contributed by atoms with van der Waals surface area (Å²) in [5.74, 6) is 0.938. The van der Waals surface area contributed by atoms with E-state index in [0.29, 0.717) is 17.7 Å². The van der Waals surface area contributed by atoms with Crippen LogP contribution in [0.15, 0.2) is 0 Å². The summed E-state index contributed by atoms with van der Waals surface area (Å²) in [5, 5.41) is 0. The van der Waals surface area contributed by atoms with Gasteiger partial charge in [-0.3, -0.25) is 4.79 Å². The van der Waals surface area contributed by atoms with Crippen LogP contribution in [0.1, 0.15) is 46.5 Å². The number of carbonyl (C=O) groups is 1. The second-order valence-electron chi connectivity index (χ2n) is 5.32. The van der Waals surface area contributed by atoms with E-state index in [1.165, 1.54) is 0 Å². The van der Waals surface area contributed by atoms with Gasteiger partial charge in [0.25, 0.3) is 0 Å². The van der Waals surface area contributed by atoms with Crippen LogP contribution in [-0.2, 0) is 4.79 Å². The van der Waals surface area contributed by atoms with E-state index in [1.54, 1.807) is 0 Å². The summed E-state index contributed by atoms with van der Waals surface area (Å²) in [6, 6.07) is 0.345. The third-order valence-electron chi connectivity index (χ3n) is 2.89. The minimum atomic E-state index is -0.174. The molecule has 0 heterocycles. The molecule has 2 N–H and O–H groups in total. The molecule has 0 amide bonds. The van der Waals surface area contributed by atoms with E-state index in [9.17, 15) is 4.79 Å². The molecule has 0 spiro atoms. The summed E-state index contributed by atoms with van der Waals surface area (Å²) in [6.07, 6.45) is 4.02. The minimum Gasteiger partial charge on any atom is -0.328 e. The van der Waals surface area contributed by atoms with E-state index >= 15 is 0 Å². The van der Waals surface area contributed by atoms with E-state index in [4.69, 9.17) is 5.73 Å². The van der Waals surface area contributed by atoms with Gasteiger partial charge >= 0.3 is 0 Å². The zero-order valence-corrected chi connectivity index (χ0v) is 8.97. The van der Waals surface area contributed by atoms with Crippen molar-refractivity contribution in [2.45, 2.75) is 52.5 Å². The highest BCUT2D eigenvalue weighted by Crippen LogP contribution is 2.30. The molecule has 2 heteroatoms. The second-order valence-corrected chi connectivity index (χ2v) is 5.32. The summed E-state index contributed by atoms with van der Waals surface area (Å²) < 4.78 is 0. The highest BCUT2D eigenvalue weighted by Gasteiger charge is 2.28. The van der Waals surface area contributed by atoms with Gasteiger partial charge in [0.2, 0.25) is 0 Å². The van der Waals surface area contributed by atoms with Crippen molar-refractivity contribution >= 4 is 5.78 Å². The summed E-state index contributed by atoms with van der Waals surface area (Å²) in [6.45, 7) is 5.97. The minimum absolute atomic E-state index is 0.174. The van der Waals surface area contributed by atoms with Crippen molar-refractivity contribution in [3.8, 4) is 0 Å². The monoisotopic (exact) mass is 183 g/mol. The molecule has 0 aliphatic heterocycles. The molecule has 0 bridgehead atoms. The molecule has 0 saturated heterocycles. The van der Waals surface area contributed by atoms with Gasteiger partial charge in [0, 0.05) is 17.9 Å². The van der Waals surface area contributed by atoms with Crippen molar-refractivity contribution in [2.24, 2.45) is 17.1 Å². The lowest BCUT2D eigenvalue weighted by Crippen LogP contribution is -2.23. The quantitative estimate of drug-likeness (QED) is 0.712. The molecule has 76 valence electrons. The number of ketones is 1. The first kappa shape index (κ1) is 10.7. The Kier molecular flexibility index (Phi) is 3.12. The third-order valence-corrected chi connectivity index (χ3v) is 2.89. The number of Topliss-reactive ketones (excluding diaryl/α,β-unsaturated/α-hetero) is 1. The van der Waals surface area contributed by atoms with E-state index in [1.807, 2.05) is 20.8 Å². The molecular formula is C11H21NO. The Labute approximate surface area is 80.9 Å². The topological polar surface area (TPSA) is 43.1 Å². The van der Waals surface area contributed by atoms with Crippen LogP contribution in [0.2, 0.25) is 0 Å². The smallest absolute Gasteiger partial charge is 0.138 e. The standard InChI is InChI=1S/C11H21NO/c1-11(2,3)10(13)7-8-4-5-9(12)6-8/h8-9H,4-7,12H2,1-3H3. The maximum Gasteiger partial charge on any atom is 0.138 e. The molecule has 1 fully saturated rings. The Hall–Kier alpha value is -0.370. The number of nitrogens with two attached hydrogens (primary N) is 1. The van der Waals surface area contributed by atoms with Crippen molar-refractivity contribution in [2.75, 3.05) is 0 Å². The lowest BCUT2D eigenvalue weighted by Gasteiger charge is -2.19. The molecule has 2 atom stereocenters. The average Bonchev–Trinajstić information content (AvgIpc) is 2.33. The van der Waals surface area contributed by atoms with Crippen LogP contribution in [0.5, 0.6) is 0 Å². The van der Waals surface area contributed by atoms with Crippen molar-refractivity contribution in [1.82, 2.24) is 0 Å². The average molecular weight is 183 g/mol. The summed E-state index contributed by atoms with van der Waals surface area (Å²) in [5.41, 5.74) is 5.62. The Morgan fingerprint density at radius 1 is 1.38 bits per heavy atom. The summed E-state index contributed by atoms with van der Waals surface area (Å²) in [7, 11) is 0. The van der Waals surface area contributed by atoms with E-state index in [0.717, 1.165) is 25.7 Å². The zero-order chi connectivity index (χ0) is 10.1. The fraction of sp³-hybridized carbons (Fsp3) is 0.909. The largest absolute Gasteiger partial charge is 0.328 e. The van der Waals surface area contributed by atoms with Crippen molar-refractivity contribution < 1.29 is 4.79 Å². The van der Waals surface area contributed by atoms with Crippen LogP contribution in [0.4, 0.5) is 0 Å². The lowest BCUT2D eigenvalue weighted by atomic mass is 9.85. The van der Waals surface area contributed by atoms with Gasteiger partial charge in [-0.05, 0) is 25.2 Å². The van der Waals surface area contributed by atoms with Gasteiger partial charge in [-0.15, -0.1) is 0 Å². The first-order chi connectivity index (χ1) is 5.89. The van der Waals surface area contributed by atoms with Gasteiger partial charge in [0.1, 0.15) is 5.78 Å². The van der Waals surface area contributed by atoms with Crippen LogP contribution in [0.25, 0.3) is 0 Å². The first-order valence-corrected chi connectivity index (χ1v) is 5.18. The molecular weight excluding hydrogens is 162 g/mol. The molecule has 0 radical (unpaired) electrons. The maximum atomic E-state index is 11.7. The molecule has 1 aliphatic rings. The molecule has 0 aromatic heterocycles. The predicted octanol–water partition coefficient (Wildman–Crippen LogP) is 2.12. The third kappa shape index (κ3) is 3.11. The summed E-state index contributed by atoms with van der Waals surface area (Å²) in [4.78, 5) is 11.7. The maximum absolute atomic E-state index is 11.7.